The summed E-state index contributed by atoms with van der Waals surface area (Å²) in [6.07, 6.45) is -4.94. The number of alkyl halides is 3. The molecule has 4 rings (SSSR count). The van der Waals surface area contributed by atoms with Gasteiger partial charge in [0.15, 0.2) is 5.60 Å². The quantitative estimate of drug-likeness (QED) is 0.320. The van der Waals surface area contributed by atoms with Crippen LogP contribution in [0.4, 0.5) is 23.2 Å². The summed E-state index contributed by atoms with van der Waals surface area (Å²) in [7, 11) is 0. The summed E-state index contributed by atoms with van der Waals surface area (Å²) in [5.74, 6) is -0.201. The van der Waals surface area contributed by atoms with Crippen LogP contribution in [0.2, 0.25) is 5.02 Å². The maximum absolute atomic E-state index is 14.2. The Morgan fingerprint density at radius 1 is 1.18 bits per heavy atom. The van der Waals surface area contributed by atoms with Crippen LogP contribution in [0.5, 0.6) is 5.75 Å². The van der Waals surface area contributed by atoms with Crippen molar-refractivity contribution in [3.05, 3.63) is 64.1 Å². The van der Waals surface area contributed by atoms with E-state index in [2.05, 4.69) is 9.98 Å². The van der Waals surface area contributed by atoms with Gasteiger partial charge in [-0.2, -0.15) is 13.2 Å². The van der Waals surface area contributed by atoms with E-state index in [0.717, 1.165) is 11.8 Å². The van der Waals surface area contributed by atoms with Crippen LogP contribution >= 0.6 is 11.6 Å². The lowest BCUT2D eigenvalue weighted by molar-refractivity contribution is -0.234. The molecule has 0 amide bonds. The Bertz CT molecular complexity index is 1290. The highest BCUT2D eigenvalue weighted by molar-refractivity contribution is 6.34. The summed E-state index contributed by atoms with van der Waals surface area (Å²) in [6.45, 7) is 5.12. The second-order valence-corrected chi connectivity index (χ2v) is 9.60. The molecule has 0 spiro atoms. The largest absolute Gasteiger partial charge is 0.493 e. The highest BCUT2D eigenvalue weighted by atomic mass is 35.5. The van der Waals surface area contributed by atoms with Gasteiger partial charge in [0.05, 0.1) is 22.8 Å². The van der Waals surface area contributed by atoms with Crippen LogP contribution in [0.3, 0.4) is 0 Å². The minimum absolute atomic E-state index is 0.0714. The fourth-order valence-electron chi connectivity index (χ4n) is 4.33. The van der Waals surface area contributed by atoms with Crippen molar-refractivity contribution in [3.63, 3.8) is 0 Å². The molecule has 1 atom stereocenters. The van der Waals surface area contributed by atoms with Gasteiger partial charge in [0.1, 0.15) is 11.6 Å². The Morgan fingerprint density at radius 2 is 1.91 bits per heavy atom. The number of benzene rings is 2. The number of aryl methyl sites for hydroxylation is 1. The number of halogens is 5. The molecule has 3 aromatic rings. The predicted molar refractivity (Wildman–Crippen MR) is 124 cm³/mol. The molecule has 1 aliphatic heterocycles. The minimum atomic E-state index is -5.06. The molecule has 2 aromatic carbocycles. The zero-order valence-corrected chi connectivity index (χ0v) is 19.6. The van der Waals surface area contributed by atoms with Crippen molar-refractivity contribution in [3.8, 4) is 5.75 Å². The molecule has 9 heteroatoms. The van der Waals surface area contributed by atoms with Crippen molar-refractivity contribution >= 4 is 34.4 Å². The second kappa shape index (κ2) is 8.50. The van der Waals surface area contributed by atoms with Gasteiger partial charge in [-0.3, -0.25) is 9.98 Å². The normalized spacial score (nSPS) is 16.0. The van der Waals surface area contributed by atoms with E-state index < -0.39 is 29.4 Å². The van der Waals surface area contributed by atoms with E-state index in [1.54, 1.807) is 25.1 Å². The van der Waals surface area contributed by atoms with Crippen LogP contribution in [-0.2, 0) is 11.8 Å². The maximum atomic E-state index is 14.2. The molecule has 1 aromatic heterocycles. The molecule has 0 saturated carbocycles. The molecule has 0 fully saturated rings. The number of aliphatic hydroxyl groups is 1. The summed E-state index contributed by atoms with van der Waals surface area (Å²) in [5, 5.41) is 11.4. The van der Waals surface area contributed by atoms with Gasteiger partial charge < -0.3 is 9.84 Å². The molecular formula is C25H23ClF4N2O2. The molecule has 180 valence electrons. The molecule has 4 nitrogen and oxygen atoms in total. The van der Waals surface area contributed by atoms with Crippen LogP contribution in [-0.4, -0.2) is 34.7 Å². The van der Waals surface area contributed by atoms with Crippen LogP contribution in [0.15, 0.2) is 41.4 Å². The summed E-state index contributed by atoms with van der Waals surface area (Å²) < 4.78 is 62.4. The molecule has 0 bridgehead atoms. The third kappa shape index (κ3) is 4.49. The lowest BCUT2D eigenvalue weighted by atomic mass is 9.74. The Hall–Kier alpha value is -2.71. The van der Waals surface area contributed by atoms with Gasteiger partial charge in [-0.15, -0.1) is 0 Å². The number of aliphatic imine (C=N–C) groups is 1. The first kappa shape index (κ1) is 24.4. The smallest absolute Gasteiger partial charge is 0.422 e. The summed E-state index contributed by atoms with van der Waals surface area (Å²) >= 11 is 6.23. The molecule has 34 heavy (non-hydrogen) atoms. The van der Waals surface area contributed by atoms with Gasteiger partial charge in [0.2, 0.25) is 0 Å². The molecule has 0 radical (unpaired) electrons. The van der Waals surface area contributed by atoms with Gasteiger partial charge in [-0.25, -0.2) is 4.39 Å². The van der Waals surface area contributed by atoms with E-state index in [-0.39, 0.29) is 16.3 Å². The van der Waals surface area contributed by atoms with Gasteiger partial charge in [-0.1, -0.05) is 25.4 Å². The third-order valence-electron chi connectivity index (χ3n) is 6.02. The SMILES string of the molecule is Cc1ccc2c(/N=C/C(O)(CC(C)(C)c3cc(F)cc4c3OCC4)C(F)(F)F)c(Cl)ccc2n1. The molecule has 1 unspecified atom stereocenters. The summed E-state index contributed by atoms with van der Waals surface area (Å²) in [6, 6.07) is 8.98. The van der Waals surface area contributed by atoms with Crippen molar-refractivity contribution in [1.29, 1.82) is 0 Å². The van der Waals surface area contributed by atoms with Crippen LogP contribution in [0.25, 0.3) is 10.9 Å². The predicted octanol–water partition coefficient (Wildman–Crippen LogP) is 6.63. The molecule has 0 saturated heterocycles. The van der Waals surface area contributed by atoms with Crippen LogP contribution in [0, 0.1) is 12.7 Å². The van der Waals surface area contributed by atoms with Crippen LogP contribution < -0.4 is 4.74 Å². The zero-order valence-electron chi connectivity index (χ0n) is 18.8. The average Bonchev–Trinajstić information content (AvgIpc) is 3.19. The van der Waals surface area contributed by atoms with Crippen molar-refractivity contribution < 1.29 is 27.4 Å². The number of fused-ring (bicyclic) bond motifs is 2. The highest BCUT2D eigenvalue weighted by Gasteiger charge is 2.55. The lowest BCUT2D eigenvalue weighted by Crippen LogP contribution is -2.50. The van der Waals surface area contributed by atoms with Gasteiger partial charge in [0, 0.05) is 34.8 Å². The first-order valence-electron chi connectivity index (χ1n) is 10.7. The highest BCUT2D eigenvalue weighted by Crippen LogP contribution is 2.45. The fourth-order valence-corrected chi connectivity index (χ4v) is 4.54. The van der Waals surface area contributed by atoms with Gasteiger partial charge >= 0.3 is 6.18 Å². The molecular weight excluding hydrogens is 472 g/mol. The number of ether oxygens (including phenoxy) is 1. The summed E-state index contributed by atoms with van der Waals surface area (Å²) in [4.78, 5) is 8.34. The van der Waals surface area contributed by atoms with Crippen LogP contribution in [0.1, 0.15) is 37.1 Å². The van der Waals surface area contributed by atoms with Gasteiger partial charge in [0.25, 0.3) is 0 Å². The van der Waals surface area contributed by atoms with E-state index in [4.69, 9.17) is 16.3 Å². The topological polar surface area (TPSA) is 54.7 Å². The Balaban J connectivity index is 1.77. The van der Waals surface area contributed by atoms with Gasteiger partial charge in [-0.05, 0) is 55.2 Å². The summed E-state index contributed by atoms with van der Waals surface area (Å²) in [5.41, 5.74) is -2.46. The Labute approximate surface area is 199 Å². The van der Waals surface area contributed by atoms with Crippen molar-refractivity contribution in [1.82, 2.24) is 4.98 Å². The number of hydrogen-bond acceptors (Lipinski definition) is 4. The van der Waals surface area contributed by atoms with Crippen molar-refractivity contribution in [2.24, 2.45) is 4.99 Å². The number of aromatic nitrogens is 1. The molecule has 1 N–H and O–H groups in total. The molecule has 0 aliphatic carbocycles. The van der Waals surface area contributed by atoms with E-state index in [9.17, 15) is 22.7 Å². The van der Waals surface area contributed by atoms with E-state index in [0.29, 0.717) is 41.5 Å². The monoisotopic (exact) mass is 494 g/mol. The number of rotatable bonds is 5. The minimum Gasteiger partial charge on any atom is -0.493 e. The Kier molecular flexibility index (Phi) is 6.10. The number of hydrogen-bond donors (Lipinski definition) is 1. The van der Waals surface area contributed by atoms with E-state index >= 15 is 0 Å². The molecule has 1 aliphatic rings. The first-order chi connectivity index (χ1) is 15.8. The van der Waals surface area contributed by atoms with Crippen molar-refractivity contribution in [2.45, 2.75) is 50.8 Å². The number of nitrogens with zero attached hydrogens (tertiary/aromatic N) is 2. The Morgan fingerprint density at radius 3 is 2.62 bits per heavy atom. The lowest BCUT2D eigenvalue weighted by Gasteiger charge is -2.36. The molecule has 2 heterocycles. The maximum Gasteiger partial charge on any atom is 0.422 e. The fraction of sp³-hybridized carbons (Fsp3) is 0.360. The number of pyridine rings is 1. The standard InChI is InChI=1S/C25H23ClF4N2O2/c1-14-4-5-17-20(32-14)7-6-19(26)21(17)31-13-24(33,25(28,29)30)12-23(2,3)18-11-16(27)10-15-8-9-34-22(15)18/h4-7,10-11,13,33H,8-9,12H2,1-3H3/b31-13+. The first-order valence-corrected chi connectivity index (χ1v) is 11.0. The zero-order chi connectivity index (χ0) is 24.9. The van der Waals surface area contributed by atoms with E-state index in [1.165, 1.54) is 26.0 Å². The van der Waals surface area contributed by atoms with E-state index in [1.807, 2.05) is 0 Å². The third-order valence-corrected chi connectivity index (χ3v) is 6.32. The average molecular weight is 495 g/mol. The van der Waals surface area contributed by atoms with Crippen molar-refractivity contribution in [2.75, 3.05) is 6.61 Å². The second-order valence-electron chi connectivity index (χ2n) is 9.20.